The molecule has 0 amide bonds. The van der Waals surface area contributed by atoms with Crippen molar-refractivity contribution in [3.8, 4) is 0 Å². The normalized spacial score (nSPS) is 17.2. The zero-order valence-electron chi connectivity index (χ0n) is 37.1. The molecular formula is C32H14F46O6. The summed E-state index contributed by atoms with van der Waals surface area (Å²) < 4.78 is 631. The SMILES string of the molecule is O=C(/C=C\C(=O)OCC(O)CC(F)(F)C(F)(F)C(F)(F)C(F)(F)C(F)(F)C(F)(F)C(F)(F)C(F)(F)C(F)(F)C(F)(F)C(F)(F)F)OCC(O)CC(F)(F)C(F)(F)C(F)(F)C(F)(F)C(F)(F)C(F)(F)C(F)(F)C(F)(F)C(F)(F)C(F)(F)C(F)(F)F. The number of esters is 2. The molecule has 2 N–H and O–H groups in total. The molecule has 0 aromatic heterocycles. The fourth-order valence-electron chi connectivity index (χ4n) is 5.13. The van der Waals surface area contributed by atoms with Crippen molar-refractivity contribution in [1.29, 1.82) is 0 Å². The quantitative estimate of drug-likeness (QED) is 0.0461. The first-order chi connectivity index (χ1) is 35.8. The molecule has 0 aliphatic rings. The third kappa shape index (κ3) is 11.2. The molecule has 2 atom stereocenters. The second-order valence-electron chi connectivity index (χ2n) is 16.1. The Morgan fingerprint density at radius 2 is 0.381 bits per heavy atom. The Balaban J connectivity index is 6.40. The first-order valence-corrected chi connectivity index (χ1v) is 18.9. The van der Waals surface area contributed by atoms with Crippen LogP contribution in [0.25, 0.3) is 0 Å². The van der Waals surface area contributed by atoms with E-state index in [4.69, 9.17) is 0 Å². The first kappa shape index (κ1) is 79.4. The molecule has 0 aromatic carbocycles. The minimum absolute atomic E-state index is 0.728. The smallest absolute Gasteiger partial charge is 0.460 e. The molecule has 0 aromatic rings. The van der Waals surface area contributed by atoms with Gasteiger partial charge in [0.2, 0.25) is 0 Å². The van der Waals surface area contributed by atoms with Gasteiger partial charge in [-0.15, -0.1) is 0 Å². The van der Waals surface area contributed by atoms with Crippen molar-refractivity contribution < 1.29 is 231 Å². The Morgan fingerprint density at radius 3 is 0.524 bits per heavy atom. The van der Waals surface area contributed by atoms with Gasteiger partial charge >= 0.3 is 143 Å². The number of carbonyl (C=O) groups is 2. The highest BCUT2D eigenvalue weighted by atomic mass is 19.5. The Morgan fingerprint density at radius 1 is 0.250 bits per heavy atom. The highest BCUT2D eigenvalue weighted by Gasteiger charge is 3.01. The van der Waals surface area contributed by atoms with Gasteiger partial charge < -0.3 is 19.7 Å². The summed E-state index contributed by atoms with van der Waals surface area (Å²) >= 11 is 0. The lowest BCUT2D eigenvalue weighted by molar-refractivity contribution is -0.478. The second kappa shape index (κ2) is 21.6. The minimum atomic E-state index is -9.79. The maximum Gasteiger partial charge on any atom is 0.460 e. The highest BCUT2D eigenvalue weighted by Crippen LogP contribution is 2.70. The van der Waals surface area contributed by atoms with E-state index in [0.717, 1.165) is 0 Å². The largest absolute Gasteiger partial charge is 0.460 e. The fraction of sp³-hybridized carbons (Fsp3) is 0.875. The van der Waals surface area contributed by atoms with Gasteiger partial charge in [-0.05, 0) is 0 Å². The maximum atomic E-state index is 14.2. The number of aliphatic hydroxyl groups is 2. The van der Waals surface area contributed by atoms with Gasteiger partial charge in [-0.3, -0.25) is 0 Å². The Kier molecular flexibility index (Phi) is 20.4. The van der Waals surface area contributed by atoms with Crippen molar-refractivity contribution in [2.75, 3.05) is 13.2 Å². The molecule has 6 nitrogen and oxygen atoms in total. The number of hydrogen-bond acceptors (Lipinski definition) is 6. The molecule has 0 aliphatic heterocycles. The molecule has 500 valence electrons. The van der Waals surface area contributed by atoms with Gasteiger partial charge in [-0.2, -0.15) is 202 Å². The standard InChI is InChI=1S/C32H14F46O6/c33-11(34,13(37,38)15(41,42)17(45,46)19(49,50)21(53,54)23(57,58)25(61,62)27(65,66)29(69,70)31(73,74)75)3-7(79)5-83-9(81)1-2-10(82)84-6-8(80)4-12(35,36)14(39,40)16(43,44)18(47,48)20(51,52)22(55,56)24(59,60)26(63,64)28(67,68)30(71,72)32(76,77)78/h1-2,7-8,79-80H,3-6H2/b2-1-. The molecule has 52 heteroatoms. The summed E-state index contributed by atoms with van der Waals surface area (Å²) in [7, 11) is 0. The zero-order chi connectivity index (χ0) is 69.0. The summed E-state index contributed by atoms with van der Waals surface area (Å²) in [6.45, 7) is -5.28. The molecule has 2 unspecified atom stereocenters. The summed E-state index contributed by atoms with van der Waals surface area (Å²) in [6.07, 6.45) is -33.9. The fourth-order valence-corrected chi connectivity index (χ4v) is 5.13. The van der Waals surface area contributed by atoms with Gasteiger partial charge in [-0.25, -0.2) is 9.59 Å². The lowest BCUT2D eigenvalue weighted by Crippen LogP contribution is -2.77. The van der Waals surface area contributed by atoms with Crippen molar-refractivity contribution in [2.24, 2.45) is 0 Å². The summed E-state index contributed by atoms with van der Waals surface area (Å²) in [4.78, 5) is 23.1. The summed E-state index contributed by atoms with van der Waals surface area (Å²) in [5.74, 6) is -189. The first-order valence-electron chi connectivity index (χ1n) is 18.9. The molecule has 0 heterocycles. The maximum absolute atomic E-state index is 14.2. The van der Waals surface area contributed by atoms with Crippen LogP contribution in [-0.4, -0.2) is 178 Å². The number of rotatable bonds is 28. The average molecular weight is 1370 g/mol. The van der Waals surface area contributed by atoms with Crippen LogP contribution in [0.5, 0.6) is 0 Å². The van der Waals surface area contributed by atoms with Gasteiger partial charge in [-0.1, -0.05) is 0 Å². The van der Waals surface area contributed by atoms with Crippen LogP contribution in [0.3, 0.4) is 0 Å². The predicted molar refractivity (Wildman–Crippen MR) is 163 cm³/mol. The number of hydrogen-bond donors (Lipinski definition) is 2. The lowest BCUT2D eigenvalue weighted by Gasteiger charge is -2.45. The van der Waals surface area contributed by atoms with E-state index in [1.165, 1.54) is 0 Å². The van der Waals surface area contributed by atoms with Crippen LogP contribution in [0, 0.1) is 0 Å². The summed E-state index contributed by atoms with van der Waals surface area (Å²) in [5, 5.41) is 18.6. The van der Waals surface area contributed by atoms with Crippen LogP contribution >= 0.6 is 0 Å². The van der Waals surface area contributed by atoms with Gasteiger partial charge in [0, 0.05) is 25.0 Å². The number of aliphatic hydroxyl groups excluding tert-OH is 2. The van der Waals surface area contributed by atoms with E-state index in [1.807, 2.05) is 0 Å². The molecular weight excluding hydrogens is 1350 g/mol. The van der Waals surface area contributed by atoms with Crippen LogP contribution in [0.1, 0.15) is 12.8 Å². The third-order valence-corrected chi connectivity index (χ3v) is 10.1. The molecule has 0 spiro atoms. The van der Waals surface area contributed by atoms with E-state index < -0.39 is 193 Å². The van der Waals surface area contributed by atoms with E-state index in [1.54, 1.807) is 0 Å². The molecule has 0 aliphatic carbocycles. The lowest BCUT2D eigenvalue weighted by atomic mass is 9.84. The number of ether oxygens (including phenoxy) is 2. The van der Waals surface area contributed by atoms with Gasteiger partial charge in [0.05, 0.1) is 12.2 Å². The Labute approximate surface area is 425 Å². The molecule has 0 saturated heterocycles. The van der Waals surface area contributed by atoms with Crippen molar-refractivity contribution in [2.45, 2.75) is 156 Å². The van der Waals surface area contributed by atoms with Crippen molar-refractivity contribution in [3.05, 3.63) is 12.2 Å². The molecule has 84 heavy (non-hydrogen) atoms. The van der Waals surface area contributed by atoms with Gasteiger partial charge in [0.1, 0.15) is 13.2 Å². The zero-order valence-corrected chi connectivity index (χ0v) is 37.1. The topological polar surface area (TPSA) is 93.1 Å². The summed E-state index contributed by atoms with van der Waals surface area (Å²) in [5.41, 5.74) is 0. The summed E-state index contributed by atoms with van der Waals surface area (Å²) in [6, 6.07) is 0. The van der Waals surface area contributed by atoms with Crippen molar-refractivity contribution in [1.82, 2.24) is 0 Å². The third-order valence-electron chi connectivity index (χ3n) is 10.1. The molecule has 0 rings (SSSR count). The number of halogens is 46. The van der Waals surface area contributed by atoms with Gasteiger partial charge in [0.25, 0.3) is 0 Å². The average Bonchev–Trinajstić information content (AvgIpc) is 3.27. The monoisotopic (exact) mass is 1370 g/mol. The van der Waals surface area contributed by atoms with Crippen LogP contribution in [0.15, 0.2) is 12.2 Å². The molecule has 0 saturated carbocycles. The minimum Gasteiger partial charge on any atom is -0.460 e. The Hall–Kier alpha value is -4.62. The van der Waals surface area contributed by atoms with Gasteiger partial charge in [0.15, 0.2) is 0 Å². The predicted octanol–water partition coefficient (Wildman–Crippen LogP) is 14.0. The van der Waals surface area contributed by atoms with Crippen LogP contribution < -0.4 is 0 Å². The van der Waals surface area contributed by atoms with E-state index in [9.17, 15) is 222 Å². The Bertz CT molecular complexity index is 2200. The second-order valence-corrected chi connectivity index (χ2v) is 16.1. The van der Waals surface area contributed by atoms with E-state index in [-0.39, 0.29) is 0 Å². The van der Waals surface area contributed by atoms with E-state index in [0.29, 0.717) is 0 Å². The number of carbonyl (C=O) groups excluding carboxylic acids is 2. The molecule has 0 bridgehead atoms. The van der Waals surface area contributed by atoms with Crippen LogP contribution in [-0.2, 0) is 19.1 Å². The molecule has 0 fully saturated rings. The number of alkyl halides is 46. The molecule has 0 radical (unpaired) electrons. The van der Waals surface area contributed by atoms with E-state index >= 15 is 0 Å². The van der Waals surface area contributed by atoms with E-state index in [2.05, 4.69) is 9.47 Å². The van der Waals surface area contributed by atoms with Crippen LogP contribution in [0.4, 0.5) is 202 Å². The highest BCUT2D eigenvalue weighted by molar-refractivity contribution is 5.91. The van der Waals surface area contributed by atoms with Crippen molar-refractivity contribution in [3.63, 3.8) is 0 Å². The van der Waals surface area contributed by atoms with Crippen molar-refractivity contribution >= 4 is 11.9 Å². The van der Waals surface area contributed by atoms with Crippen LogP contribution in [0.2, 0.25) is 0 Å².